The number of hydrogen-bond acceptors (Lipinski definition) is 5. The van der Waals surface area contributed by atoms with E-state index in [0.29, 0.717) is 39.3 Å². The third-order valence-corrected chi connectivity index (χ3v) is 11.3. The van der Waals surface area contributed by atoms with Crippen molar-refractivity contribution in [1.82, 2.24) is 24.5 Å². The molecule has 0 saturated heterocycles. The summed E-state index contributed by atoms with van der Waals surface area (Å²) in [5, 5.41) is 4.63. The van der Waals surface area contributed by atoms with Crippen LogP contribution >= 0.6 is 0 Å². The van der Waals surface area contributed by atoms with Crippen LogP contribution in [0.4, 0.5) is 0 Å². The molecule has 7 heteroatoms. The van der Waals surface area contributed by atoms with Gasteiger partial charge in [0.25, 0.3) is 0 Å². The van der Waals surface area contributed by atoms with Crippen molar-refractivity contribution >= 4 is 54.8 Å². The van der Waals surface area contributed by atoms with Crippen LogP contribution in [-0.2, 0) is 20.1 Å². The first-order valence-electron chi connectivity index (χ1n) is 26.0. The molecule has 0 aliphatic rings. The van der Waals surface area contributed by atoms with Gasteiger partial charge in [0.1, 0.15) is 0 Å². The second-order valence-electron chi connectivity index (χ2n) is 15.9. The maximum Gasteiger partial charge on any atom is 0.216 e. The summed E-state index contributed by atoms with van der Waals surface area (Å²) in [7, 11) is 0. The van der Waals surface area contributed by atoms with Crippen LogP contribution in [0.25, 0.3) is 94.2 Å². The van der Waals surface area contributed by atoms with Crippen LogP contribution in [0.1, 0.15) is 82.5 Å². The molecule has 6 aromatic carbocycles. The van der Waals surface area contributed by atoms with Crippen molar-refractivity contribution in [2.24, 2.45) is 0 Å². The van der Waals surface area contributed by atoms with Gasteiger partial charge in [0.2, 0.25) is 5.71 Å². The molecule has 11 rings (SSSR count). The Balaban J connectivity index is 0.000000277. The molecule has 5 aromatic heterocycles. The molecular weight excluding hydrogens is 963 g/mol. The zero-order valence-electron chi connectivity index (χ0n) is 46.3. The van der Waals surface area contributed by atoms with Gasteiger partial charge in [0.15, 0.2) is 0 Å². The first kappa shape index (κ1) is 31.1. The van der Waals surface area contributed by atoms with Crippen LogP contribution in [0.5, 0.6) is 0 Å². The Morgan fingerprint density at radius 1 is 0.641 bits per heavy atom. The first-order valence-corrected chi connectivity index (χ1v) is 20.5. The van der Waals surface area contributed by atoms with E-state index in [1.54, 1.807) is 24.3 Å². The molecular formula is C57H47IrN5O-2. The van der Waals surface area contributed by atoms with Crippen molar-refractivity contribution in [2.45, 2.75) is 60.0 Å². The fourth-order valence-electron chi connectivity index (χ4n) is 8.20. The molecule has 0 bridgehead atoms. The second kappa shape index (κ2) is 17.4. The van der Waals surface area contributed by atoms with E-state index in [-0.39, 0.29) is 42.6 Å². The van der Waals surface area contributed by atoms with E-state index in [9.17, 15) is 2.74 Å². The maximum atomic E-state index is 9.57. The molecule has 317 valence electrons. The molecule has 0 atom stereocenters. The van der Waals surface area contributed by atoms with Crippen molar-refractivity contribution in [1.29, 1.82) is 0 Å². The van der Waals surface area contributed by atoms with Crippen LogP contribution < -0.4 is 0 Å². The van der Waals surface area contributed by atoms with Gasteiger partial charge in [-0.1, -0.05) is 100 Å². The van der Waals surface area contributed by atoms with Crippen molar-refractivity contribution in [3.63, 3.8) is 0 Å². The van der Waals surface area contributed by atoms with Gasteiger partial charge in [-0.3, -0.25) is 9.97 Å². The molecule has 64 heavy (non-hydrogen) atoms. The Hall–Kier alpha value is -6.79. The van der Waals surface area contributed by atoms with E-state index < -0.39 is 32.3 Å². The Bertz CT molecular complexity index is 3850. The van der Waals surface area contributed by atoms with E-state index in [1.807, 2.05) is 87.0 Å². The summed E-state index contributed by atoms with van der Waals surface area (Å²) in [6.45, 7) is 0.739. The van der Waals surface area contributed by atoms with Gasteiger partial charge in [-0.25, -0.2) is 4.98 Å². The van der Waals surface area contributed by atoms with E-state index in [0.717, 1.165) is 60.3 Å². The molecule has 0 N–H and O–H groups in total. The van der Waals surface area contributed by atoms with Gasteiger partial charge in [-0.15, -0.1) is 53.6 Å². The largest absolute Gasteiger partial charge is 0.486 e. The fourth-order valence-corrected chi connectivity index (χ4v) is 8.20. The molecule has 0 aliphatic carbocycles. The summed E-state index contributed by atoms with van der Waals surface area (Å²) in [4.78, 5) is 18.3. The Kier molecular flexibility index (Phi) is 8.46. The molecule has 1 radical (unpaired) electrons. The summed E-state index contributed by atoms with van der Waals surface area (Å²) >= 11 is 0. The molecule has 0 amide bonds. The predicted molar refractivity (Wildman–Crippen MR) is 260 cm³/mol. The zero-order chi connectivity index (χ0) is 52.7. The minimum absolute atomic E-state index is 0. The summed E-state index contributed by atoms with van der Waals surface area (Å²) < 4.78 is 94.9. The molecule has 0 spiro atoms. The van der Waals surface area contributed by atoms with Crippen molar-refractivity contribution in [3.8, 4) is 39.5 Å². The number of aromatic nitrogens is 5. The van der Waals surface area contributed by atoms with Crippen molar-refractivity contribution in [3.05, 3.63) is 186 Å². The number of benzene rings is 6. The predicted octanol–water partition coefficient (Wildman–Crippen LogP) is 14.9. The Morgan fingerprint density at radius 3 is 2.14 bits per heavy atom. The Morgan fingerprint density at radius 2 is 1.41 bits per heavy atom. The molecule has 5 heterocycles. The summed E-state index contributed by atoms with van der Waals surface area (Å²) in [6, 6.07) is 47.2. The number of aryl methyl sites for hydroxylation is 3. The molecule has 0 saturated carbocycles. The van der Waals surface area contributed by atoms with E-state index in [2.05, 4.69) is 58.5 Å². The van der Waals surface area contributed by atoms with Crippen LogP contribution in [-0.4, -0.2) is 24.5 Å². The van der Waals surface area contributed by atoms with E-state index in [1.165, 1.54) is 30.5 Å². The van der Waals surface area contributed by atoms with Gasteiger partial charge in [0.05, 0.1) is 28.0 Å². The molecule has 0 aliphatic heterocycles. The average molecular weight is 1020 g/mol. The SMILES string of the molecule is [2H]C([2H])([2H])c1c[c-]c(-c2ccc(C([2H])([2H])[2H])cn2)cc1.[2H]C([2H])([2H])c1ccc2c(n1)oc1c(-c3nc4ccccc4n3-c3c(C([2H])(C)C)cc(-c4ccc5c(cnc6ccccc65)c4)cc3C([2H])(C)C)[c-]ccc12.[Ir]. The number of rotatable bonds is 6. The first-order chi connectivity index (χ1) is 34.8. The number of nitrogens with zero attached hydrogens (tertiary/aromatic N) is 5. The number of pyridine rings is 3. The minimum atomic E-state index is -2.39. The van der Waals surface area contributed by atoms with Crippen LogP contribution in [0.15, 0.2) is 150 Å². The molecule has 11 aromatic rings. The molecule has 0 unspecified atom stereocenters. The topological polar surface area (TPSA) is 69.6 Å². The van der Waals surface area contributed by atoms with Gasteiger partial charge >= 0.3 is 0 Å². The molecule has 6 nitrogen and oxygen atoms in total. The van der Waals surface area contributed by atoms with Crippen LogP contribution in [0.2, 0.25) is 0 Å². The molecule has 0 fully saturated rings. The number of imidazole rings is 1. The zero-order valence-corrected chi connectivity index (χ0v) is 37.7. The van der Waals surface area contributed by atoms with Crippen molar-refractivity contribution < 1.29 is 39.6 Å². The quantitative estimate of drug-likeness (QED) is 0.123. The maximum absolute atomic E-state index is 9.57. The summed E-state index contributed by atoms with van der Waals surface area (Å²) in [6.07, 6.45) is 3.20. The Labute approximate surface area is 402 Å². The van der Waals surface area contributed by atoms with Gasteiger partial charge in [0, 0.05) is 75.1 Å². The third kappa shape index (κ3) is 7.80. The summed E-state index contributed by atoms with van der Waals surface area (Å²) in [5.41, 5.74) is 9.18. The van der Waals surface area contributed by atoms with Gasteiger partial charge in [-0.2, -0.15) is 0 Å². The van der Waals surface area contributed by atoms with E-state index >= 15 is 0 Å². The van der Waals surface area contributed by atoms with Crippen LogP contribution in [0.3, 0.4) is 0 Å². The second-order valence-corrected chi connectivity index (χ2v) is 15.9. The van der Waals surface area contributed by atoms with Gasteiger partial charge < -0.3 is 14.0 Å². The number of fused-ring (bicyclic) bond motifs is 7. The smallest absolute Gasteiger partial charge is 0.216 e. The van der Waals surface area contributed by atoms with Gasteiger partial charge in [-0.05, 0) is 113 Å². The normalized spacial score (nSPS) is 15.0. The fraction of sp³-hybridized carbons (Fsp3) is 0.158. The standard InChI is InChI=1S/C44H35N4O.C13H12N.Ir/c1-25(2)36-22-29(28-18-20-31-30(21-28)24-45-38-14-7-6-11-32(31)38)23-37(26(3)4)41(36)48-40-16-9-8-15-39(40)47-43(48)35-13-10-12-33-34-19-17-27(5)46-44(34)49-42(33)35;1-10-3-6-12(7-4-10)13-8-5-11(2)9-14-13;/h6-12,14-26H,1-5H3;3-6,8-9H,1-2H3;/q2*-1;/i5D3,25D,26D;1D3,2D3;. The average Bonchev–Trinajstić information content (AvgIpc) is 3.96. The number of furan rings is 1. The van der Waals surface area contributed by atoms with Crippen molar-refractivity contribution in [2.75, 3.05) is 0 Å². The monoisotopic (exact) mass is 1020 g/mol. The number of para-hydroxylation sites is 3. The third-order valence-electron chi connectivity index (χ3n) is 11.3. The number of hydrogen-bond donors (Lipinski definition) is 0. The van der Waals surface area contributed by atoms with E-state index in [4.69, 9.17) is 26.7 Å². The minimum Gasteiger partial charge on any atom is -0.486 e. The summed E-state index contributed by atoms with van der Waals surface area (Å²) in [5.74, 6) is -1.69. The van der Waals surface area contributed by atoms with Crippen LogP contribution in [0, 0.1) is 32.7 Å².